The topological polar surface area (TPSA) is 20.2 Å². The Balaban J connectivity index is 2.69. The van der Waals surface area contributed by atoms with Crippen LogP contribution in [0.15, 0.2) is 12.3 Å². The summed E-state index contributed by atoms with van der Waals surface area (Å²) >= 11 is 0. The molecule has 0 aromatic carbocycles. The molecule has 0 spiro atoms. The maximum absolute atomic E-state index is 9.45. The fourth-order valence-corrected chi connectivity index (χ4v) is 1.21. The van der Waals surface area contributed by atoms with Crippen molar-refractivity contribution in [3.05, 3.63) is 12.3 Å². The summed E-state index contributed by atoms with van der Waals surface area (Å²) in [5.74, 6) is 0.325. The lowest BCUT2D eigenvalue weighted by Gasteiger charge is -2.33. The lowest BCUT2D eigenvalue weighted by Crippen LogP contribution is -2.45. The van der Waals surface area contributed by atoms with Crippen LogP contribution in [-0.2, 0) is 0 Å². The highest BCUT2D eigenvalue weighted by Gasteiger charge is 2.26. The van der Waals surface area contributed by atoms with Crippen LogP contribution in [0.4, 0.5) is 0 Å². The van der Waals surface area contributed by atoms with Crippen LogP contribution in [0.2, 0.25) is 0 Å². The molecule has 0 radical (unpaired) electrons. The second-order valence-corrected chi connectivity index (χ2v) is 3.73. The number of hydrogen-bond donors (Lipinski definition) is 1. The van der Waals surface area contributed by atoms with Gasteiger partial charge in [-0.2, -0.15) is 0 Å². The van der Waals surface area contributed by atoms with Gasteiger partial charge >= 0.3 is 0 Å². The number of quaternary nitrogens is 1. The minimum Gasteiger partial charge on any atom is -0.387 e. The maximum atomic E-state index is 9.45. The number of aliphatic hydroxyl groups is 1. The zero-order valence-electron chi connectivity index (χ0n) is 6.91. The van der Waals surface area contributed by atoms with Gasteiger partial charge in [-0.3, -0.25) is 0 Å². The zero-order chi connectivity index (χ0) is 7.78. The van der Waals surface area contributed by atoms with Crippen LogP contribution in [0, 0.1) is 5.92 Å². The van der Waals surface area contributed by atoms with E-state index in [1.165, 1.54) is 0 Å². The quantitative estimate of drug-likeness (QED) is 0.491. The molecule has 1 N–H and O–H groups in total. The molecule has 1 unspecified atom stereocenters. The summed E-state index contributed by atoms with van der Waals surface area (Å²) in [6.07, 6.45) is 4.05. The van der Waals surface area contributed by atoms with Crippen LogP contribution in [0.1, 0.15) is 6.92 Å². The summed E-state index contributed by atoms with van der Waals surface area (Å²) in [6.45, 7) is 2.87. The molecule has 1 aliphatic rings. The standard InChI is InChI=1S/C8H16NO/c1-7-4-5-9(2,3)6-8(7)10/h4-5,7-8,10H,6H2,1-3H3/q+1/t7?,8-/m1/s1. The average Bonchev–Trinajstić information content (AvgIpc) is 1.79. The van der Waals surface area contributed by atoms with Crippen molar-refractivity contribution in [1.82, 2.24) is 0 Å². The van der Waals surface area contributed by atoms with Gasteiger partial charge in [0.05, 0.1) is 20.3 Å². The molecule has 0 aliphatic carbocycles. The van der Waals surface area contributed by atoms with Gasteiger partial charge in [-0.05, 0) is 6.08 Å². The predicted octanol–water partition coefficient (Wildman–Crippen LogP) is 0.587. The molecule has 1 heterocycles. The largest absolute Gasteiger partial charge is 0.387 e. The van der Waals surface area contributed by atoms with E-state index in [0.717, 1.165) is 11.0 Å². The van der Waals surface area contributed by atoms with Gasteiger partial charge in [0.2, 0.25) is 0 Å². The number of hydrogen-bond acceptors (Lipinski definition) is 1. The summed E-state index contributed by atoms with van der Waals surface area (Å²) in [5, 5.41) is 9.45. The third-order valence-corrected chi connectivity index (χ3v) is 2.06. The molecule has 0 bridgehead atoms. The van der Waals surface area contributed by atoms with Crippen LogP contribution in [0.25, 0.3) is 0 Å². The Morgan fingerprint density at radius 2 is 2.10 bits per heavy atom. The molecule has 0 amide bonds. The third kappa shape index (κ3) is 1.58. The minimum atomic E-state index is -0.167. The van der Waals surface area contributed by atoms with Crippen molar-refractivity contribution in [1.29, 1.82) is 0 Å². The molecule has 0 aromatic rings. The molecule has 2 heteroatoms. The van der Waals surface area contributed by atoms with Crippen molar-refractivity contribution in [2.45, 2.75) is 13.0 Å². The SMILES string of the molecule is CC1C=C[N+](C)(C)C[C@H]1O. The zero-order valence-corrected chi connectivity index (χ0v) is 6.91. The summed E-state index contributed by atoms with van der Waals surface area (Å²) < 4.78 is 0.797. The van der Waals surface area contributed by atoms with E-state index in [4.69, 9.17) is 0 Å². The number of likely N-dealkylation sites (N-methyl/N-ethyl adjacent to an activating group) is 1. The van der Waals surface area contributed by atoms with Gasteiger partial charge in [0, 0.05) is 5.92 Å². The predicted molar refractivity (Wildman–Crippen MR) is 41.3 cm³/mol. The van der Waals surface area contributed by atoms with E-state index in [1.54, 1.807) is 0 Å². The molecule has 1 rings (SSSR count). The summed E-state index contributed by atoms with van der Waals surface area (Å²) in [4.78, 5) is 0. The molecule has 58 valence electrons. The first-order valence-corrected chi connectivity index (χ1v) is 3.71. The fraction of sp³-hybridized carbons (Fsp3) is 0.750. The number of aliphatic hydroxyl groups excluding tert-OH is 1. The second-order valence-electron chi connectivity index (χ2n) is 3.73. The second kappa shape index (κ2) is 2.36. The lowest BCUT2D eigenvalue weighted by molar-refractivity contribution is -0.845. The molecule has 1 aliphatic heterocycles. The highest BCUT2D eigenvalue weighted by atomic mass is 16.3. The first kappa shape index (κ1) is 7.76. The van der Waals surface area contributed by atoms with Crippen molar-refractivity contribution in [2.75, 3.05) is 20.6 Å². The Hall–Kier alpha value is -0.340. The molecule has 2 nitrogen and oxygen atoms in total. The Labute approximate surface area is 62.4 Å². The number of nitrogens with zero attached hydrogens (tertiary/aromatic N) is 1. The van der Waals surface area contributed by atoms with Crippen molar-refractivity contribution in [2.24, 2.45) is 5.92 Å². The first-order chi connectivity index (χ1) is 4.51. The Kier molecular flexibility index (Phi) is 1.84. The van der Waals surface area contributed by atoms with E-state index in [-0.39, 0.29) is 6.10 Å². The Bertz CT molecular complexity index is 151. The summed E-state index contributed by atoms with van der Waals surface area (Å²) in [5.41, 5.74) is 0. The molecular formula is C8H16NO+. The van der Waals surface area contributed by atoms with Gasteiger partial charge in [0.1, 0.15) is 12.6 Å². The van der Waals surface area contributed by atoms with Gasteiger partial charge in [0.25, 0.3) is 0 Å². The van der Waals surface area contributed by atoms with E-state index in [2.05, 4.69) is 26.4 Å². The molecule has 0 fully saturated rings. The monoisotopic (exact) mass is 142 g/mol. The van der Waals surface area contributed by atoms with Gasteiger partial charge in [-0.1, -0.05) is 6.92 Å². The average molecular weight is 142 g/mol. The van der Waals surface area contributed by atoms with E-state index < -0.39 is 0 Å². The summed E-state index contributed by atoms with van der Waals surface area (Å²) in [7, 11) is 4.18. The van der Waals surface area contributed by atoms with Crippen LogP contribution in [0.3, 0.4) is 0 Å². The normalized spacial score (nSPS) is 38.0. The summed E-state index contributed by atoms with van der Waals surface area (Å²) in [6, 6.07) is 0. The van der Waals surface area contributed by atoms with Gasteiger partial charge in [-0.25, -0.2) is 0 Å². The van der Waals surface area contributed by atoms with Gasteiger partial charge in [-0.15, -0.1) is 0 Å². The van der Waals surface area contributed by atoms with E-state index in [1.807, 2.05) is 6.92 Å². The van der Waals surface area contributed by atoms with Crippen LogP contribution in [-0.4, -0.2) is 36.3 Å². The Morgan fingerprint density at radius 1 is 1.50 bits per heavy atom. The van der Waals surface area contributed by atoms with Crippen LogP contribution >= 0.6 is 0 Å². The first-order valence-electron chi connectivity index (χ1n) is 3.71. The number of rotatable bonds is 0. The third-order valence-electron chi connectivity index (χ3n) is 2.06. The van der Waals surface area contributed by atoms with E-state index in [9.17, 15) is 5.11 Å². The van der Waals surface area contributed by atoms with E-state index >= 15 is 0 Å². The molecule has 0 saturated carbocycles. The van der Waals surface area contributed by atoms with Crippen molar-refractivity contribution >= 4 is 0 Å². The van der Waals surface area contributed by atoms with Gasteiger partial charge in [0.15, 0.2) is 0 Å². The highest BCUT2D eigenvalue weighted by Crippen LogP contribution is 2.16. The van der Waals surface area contributed by atoms with Crippen LogP contribution < -0.4 is 0 Å². The molecule has 0 aromatic heterocycles. The highest BCUT2D eigenvalue weighted by molar-refractivity contribution is 4.89. The lowest BCUT2D eigenvalue weighted by atomic mass is 10.0. The molecule has 10 heavy (non-hydrogen) atoms. The molecular weight excluding hydrogens is 126 g/mol. The van der Waals surface area contributed by atoms with Crippen LogP contribution in [0.5, 0.6) is 0 Å². The van der Waals surface area contributed by atoms with Crippen molar-refractivity contribution < 1.29 is 9.59 Å². The molecule has 2 atom stereocenters. The fourth-order valence-electron chi connectivity index (χ4n) is 1.21. The minimum absolute atomic E-state index is 0.167. The van der Waals surface area contributed by atoms with Gasteiger partial charge < -0.3 is 9.59 Å². The molecule has 0 saturated heterocycles. The maximum Gasteiger partial charge on any atom is 0.109 e. The smallest absolute Gasteiger partial charge is 0.109 e. The Morgan fingerprint density at radius 3 is 2.50 bits per heavy atom. The van der Waals surface area contributed by atoms with Crippen molar-refractivity contribution in [3.8, 4) is 0 Å². The van der Waals surface area contributed by atoms with Crippen molar-refractivity contribution in [3.63, 3.8) is 0 Å². The van der Waals surface area contributed by atoms with E-state index in [0.29, 0.717) is 5.92 Å².